The summed E-state index contributed by atoms with van der Waals surface area (Å²) in [5, 5.41) is 13.8. The first-order valence-corrected chi connectivity index (χ1v) is 14.8. The molecule has 3 atom stereocenters. The van der Waals surface area contributed by atoms with Crippen molar-refractivity contribution in [3.05, 3.63) is 11.5 Å². The van der Waals surface area contributed by atoms with Gasteiger partial charge in [0.05, 0.1) is 0 Å². The molecule has 0 aromatic carbocycles. The van der Waals surface area contributed by atoms with Gasteiger partial charge in [0, 0.05) is 12.4 Å². The van der Waals surface area contributed by atoms with Crippen molar-refractivity contribution < 1.29 is 14.7 Å². The highest BCUT2D eigenvalue weighted by Crippen LogP contribution is 2.52. The van der Waals surface area contributed by atoms with Gasteiger partial charge in [-0.25, -0.2) is 0 Å². The SMILES string of the molecule is CC(=O)CCCCCS/C=C\CCCCCCCC[C@]1(CC(=O)[O-])C[C@@H](C)CC[C@@H]1C(C)C. The molecule has 0 bridgehead atoms. The molecule has 1 fully saturated rings. The van der Waals surface area contributed by atoms with Crippen molar-refractivity contribution in [1.29, 1.82) is 0 Å². The van der Waals surface area contributed by atoms with Crippen LogP contribution in [0.2, 0.25) is 0 Å². The summed E-state index contributed by atoms with van der Waals surface area (Å²) in [6.07, 6.45) is 19.9. The third-order valence-electron chi connectivity index (χ3n) is 7.59. The predicted molar refractivity (Wildman–Crippen MR) is 141 cm³/mol. The second kappa shape index (κ2) is 17.6. The second-order valence-corrected chi connectivity index (χ2v) is 12.1. The molecule has 1 aliphatic carbocycles. The van der Waals surface area contributed by atoms with Crippen LogP contribution >= 0.6 is 11.8 Å². The number of rotatable bonds is 19. The van der Waals surface area contributed by atoms with Crippen molar-refractivity contribution in [2.24, 2.45) is 23.2 Å². The molecule has 0 heterocycles. The summed E-state index contributed by atoms with van der Waals surface area (Å²) in [4.78, 5) is 22.5. The second-order valence-electron chi connectivity index (χ2n) is 11.1. The molecular formula is C29H51O3S-. The first-order chi connectivity index (χ1) is 15.8. The van der Waals surface area contributed by atoms with E-state index < -0.39 is 5.97 Å². The molecule has 0 aromatic rings. The van der Waals surface area contributed by atoms with Gasteiger partial charge in [-0.15, -0.1) is 11.8 Å². The molecule has 192 valence electrons. The predicted octanol–water partition coefficient (Wildman–Crippen LogP) is 7.72. The Balaban J connectivity index is 2.14. The van der Waals surface area contributed by atoms with E-state index in [-0.39, 0.29) is 11.8 Å². The smallest absolute Gasteiger partial charge is 0.129 e. The Bertz CT molecular complexity index is 571. The number of hydrogen-bond acceptors (Lipinski definition) is 4. The molecule has 0 aliphatic heterocycles. The molecular weight excluding hydrogens is 428 g/mol. The molecule has 0 amide bonds. The summed E-state index contributed by atoms with van der Waals surface area (Å²) in [7, 11) is 0. The average Bonchev–Trinajstić information content (AvgIpc) is 2.72. The van der Waals surface area contributed by atoms with E-state index in [1.807, 2.05) is 11.8 Å². The Morgan fingerprint density at radius 2 is 1.67 bits per heavy atom. The lowest BCUT2D eigenvalue weighted by molar-refractivity contribution is -0.309. The van der Waals surface area contributed by atoms with Crippen molar-refractivity contribution in [2.75, 3.05) is 5.75 Å². The number of ketones is 1. The molecule has 0 aromatic heterocycles. The van der Waals surface area contributed by atoms with Gasteiger partial charge in [0.1, 0.15) is 5.78 Å². The maximum Gasteiger partial charge on any atom is 0.129 e. The number of carbonyl (C=O) groups excluding carboxylic acids is 2. The van der Waals surface area contributed by atoms with Crippen LogP contribution in [0.15, 0.2) is 11.5 Å². The summed E-state index contributed by atoms with van der Waals surface area (Å²) in [5.74, 6) is 2.32. The summed E-state index contributed by atoms with van der Waals surface area (Å²) in [6.45, 7) is 8.51. The number of carboxylic acid groups (broad SMARTS) is 1. The van der Waals surface area contributed by atoms with Gasteiger partial charge in [-0.2, -0.15) is 0 Å². The lowest BCUT2D eigenvalue weighted by Gasteiger charge is -2.49. The van der Waals surface area contributed by atoms with Crippen molar-refractivity contribution in [1.82, 2.24) is 0 Å². The summed E-state index contributed by atoms with van der Waals surface area (Å²) in [6, 6.07) is 0. The molecule has 1 rings (SSSR count). The highest BCUT2D eigenvalue weighted by molar-refractivity contribution is 8.02. The lowest BCUT2D eigenvalue weighted by atomic mass is 9.56. The van der Waals surface area contributed by atoms with E-state index in [9.17, 15) is 14.7 Å². The summed E-state index contributed by atoms with van der Waals surface area (Å²) < 4.78 is 0. The van der Waals surface area contributed by atoms with Crippen LogP contribution in [-0.2, 0) is 9.59 Å². The molecule has 4 heteroatoms. The highest BCUT2D eigenvalue weighted by atomic mass is 32.2. The third kappa shape index (κ3) is 13.6. The van der Waals surface area contributed by atoms with Gasteiger partial charge in [0.15, 0.2) is 0 Å². The van der Waals surface area contributed by atoms with Gasteiger partial charge in [0.2, 0.25) is 0 Å². The Kier molecular flexibility index (Phi) is 16.2. The number of aliphatic carboxylic acids is 1. The molecule has 0 spiro atoms. The topological polar surface area (TPSA) is 57.2 Å². The van der Waals surface area contributed by atoms with E-state index in [1.165, 1.54) is 57.8 Å². The van der Waals surface area contributed by atoms with Crippen molar-refractivity contribution in [3.63, 3.8) is 0 Å². The van der Waals surface area contributed by atoms with E-state index >= 15 is 0 Å². The zero-order valence-corrected chi connectivity index (χ0v) is 22.9. The Labute approximate surface area is 209 Å². The van der Waals surface area contributed by atoms with E-state index in [0.717, 1.165) is 44.3 Å². The maximum atomic E-state index is 11.6. The van der Waals surface area contributed by atoms with Crippen molar-refractivity contribution in [2.45, 2.75) is 130 Å². The van der Waals surface area contributed by atoms with Crippen LogP contribution in [0.4, 0.5) is 0 Å². The highest BCUT2D eigenvalue weighted by Gasteiger charge is 2.43. The van der Waals surface area contributed by atoms with E-state index in [4.69, 9.17) is 0 Å². The van der Waals surface area contributed by atoms with Crippen LogP contribution in [0.25, 0.3) is 0 Å². The zero-order valence-electron chi connectivity index (χ0n) is 22.0. The molecule has 0 unspecified atom stereocenters. The van der Waals surface area contributed by atoms with Gasteiger partial charge < -0.3 is 14.7 Å². The van der Waals surface area contributed by atoms with Gasteiger partial charge in [-0.3, -0.25) is 0 Å². The quantitative estimate of drug-likeness (QED) is 0.178. The number of thioether (sulfide) groups is 1. The largest absolute Gasteiger partial charge is 0.550 e. The summed E-state index contributed by atoms with van der Waals surface area (Å²) in [5.41, 5.74) is -0.0411. The standard InChI is InChI=1S/C29H52O3S/c1-24(2)27-18-17-25(3)22-29(27,23-28(31)32)19-13-9-7-5-6-8-10-14-20-33-21-15-11-12-16-26(4)30/h14,20,24-25,27H,5-13,15-19,21-23H2,1-4H3,(H,31,32)/p-1/b20-14-/t25-,27+,29+/m0/s1. The Hall–Kier alpha value is -0.770. The summed E-state index contributed by atoms with van der Waals surface area (Å²) >= 11 is 1.89. The minimum Gasteiger partial charge on any atom is -0.550 e. The van der Waals surface area contributed by atoms with E-state index in [1.54, 1.807) is 6.92 Å². The van der Waals surface area contributed by atoms with Crippen LogP contribution in [-0.4, -0.2) is 17.5 Å². The lowest BCUT2D eigenvalue weighted by Crippen LogP contribution is -2.43. The van der Waals surface area contributed by atoms with Crippen LogP contribution < -0.4 is 5.11 Å². The van der Waals surface area contributed by atoms with Crippen LogP contribution in [0.1, 0.15) is 130 Å². The van der Waals surface area contributed by atoms with Crippen LogP contribution in [0.5, 0.6) is 0 Å². The Morgan fingerprint density at radius 1 is 1.00 bits per heavy atom. The number of carboxylic acids is 1. The fourth-order valence-electron chi connectivity index (χ4n) is 6.01. The molecule has 0 radical (unpaired) electrons. The zero-order chi connectivity index (χ0) is 24.5. The number of carbonyl (C=O) groups is 2. The number of allylic oxidation sites excluding steroid dienone is 1. The van der Waals surface area contributed by atoms with Crippen molar-refractivity contribution in [3.8, 4) is 0 Å². The number of hydrogen-bond donors (Lipinski definition) is 0. The average molecular weight is 480 g/mol. The normalized spacial score (nSPS) is 23.4. The number of unbranched alkanes of at least 4 members (excludes halogenated alkanes) is 8. The van der Waals surface area contributed by atoms with Gasteiger partial charge >= 0.3 is 0 Å². The molecule has 1 aliphatic rings. The molecule has 3 nitrogen and oxygen atoms in total. The van der Waals surface area contributed by atoms with Gasteiger partial charge in [-0.05, 0) is 92.6 Å². The van der Waals surface area contributed by atoms with Gasteiger partial charge in [0.25, 0.3) is 0 Å². The minimum absolute atomic E-state index is 0.0411. The first-order valence-electron chi connectivity index (χ1n) is 13.7. The maximum absolute atomic E-state index is 11.6. The third-order valence-corrected chi connectivity index (χ3v) is 8.50. The van der Waals surface area contributed by atoms with E-state index in [2.05, 4.69) is 32.3 Å². The Morgan fingerprint density at radius 3 is 2.33 bits per heavy atom. The van der Waals surface area contributed by atoms with Crippen LogP contribution in [0, 0.1) is 23.2 Å². The molecule has 1 saturated carbocycles. The molecule has 0 N–H and O–H groups in total. The van der Waals surface area contributed by atoms with Crippen molar-refractivity contribution >= 4 is 23.5 Å². The fourth-order valence-corrected chi connectivity index (χ4v) is 6.79. The molecule has 0 saturated heterocycles. The first kappa shape index (κ1) is 30.3. The van der Waals surface area contributed by atoms with Gasteiger partial charge in [-0.1, -0.05) is 71.8 Å². The fraction of sp³-hybridized carbons (Fsp3) is 0.862. The van der Waals surface area contributed by atoms with E-state index in [0.29, 0.717) is 23.5 Å². The number of Topliss-reactive ketones (excluding diaryl/α,β-unsaturated/α-hetero) is 1. The monoisotopic (exact) mass is 479 g/mol. The van der Waals surface area contributed by atoms with Crippen LogP contribution in [0.3, 0.4) is 0 Å². The minimum atomic E-state index is -0.853. The molecule has 33 heavy (non-hydrogen) atoms.